The SMILES string of the molecule is CNCCN(C1CCN(C)CC1)S(=O)(=O)c1ccc(Nc2nccc(Nc3ccc(F)cc3)n2)cc1. The number of sulfonamides is 1. The third kappa shape index (κ3) is 6.55. The van der Waals surface area contributed by atoms with E-state index in [0.29, 0.717) is 36.2 Å². The molecule has 36 heavy (non-hydrogen) atoms. The number of nitrogens with zero attached hydrogens (tertiary/aromatic N) is 4. The summed E-state index contributed by atoms with van der Waals surface area (Å²) in [6, 6.07) is 14.3. The summed E-state index contributed by atoms with van der Waals surface area (Å²) in [5.74, 6) is 0.573. The predicted molar refractivity (Wildman–Crippen MR) is 140 cm³/mol. The van der Waals surface area contributed by atoms with Crippen LogP contribution in [0.3, 0.4) is 0 Å². The van der Waals surface area contributed by atoms with Gasteiger partial charge in [0.15, 0.2) is 0 Å². The lowest BCUT2D eigenvalue weighted by atomic mass is 10.1. The topological polar surface area (TPSA) is 102 Å². The monoisotopic (exact) mass is 513 g/mol. The van der Waals surface area contributed by atoms with Crippen LogP contribution in [0.1, 0.15) is 12.8 Å². The fourth-order valence-electron chi connectivity index (χ4n) is 4.15. The lowest BCUT2D eigenvalue weighted by Crippen LogP contribution is -2.48. The highest BCUT2D eigenvalue weighted by atomic mass is 32.2. The Morgan fingerprint density at radius 3 is 2.31 bits per heavy atom. The molecule has 0 radical (unpaired) electrons. The van der Waals surface area contributed by atoms with Crippen LogP contribution < -0.4 is 16.0 Å². The van der Waals surface area contributed by atoms with Crippen molar-refractivity contribution in [2.75, 3.05) is 50.9 Å². The molecule has 2 heterocycles. The molecule has 0 unspecified atom stereocenters. The van der Waals surface area contributed by atoms with Crippen LogP contribution in [0.15, 0.2) is 65.7 Å². The van der Waals surface area contributed by atoms with E-state index in [1.807, 2.05) is 7.05 Å². The molecule has 0 atom stereocenters. The van der Waals surface area contributed by atoms with Crippen molar-refractivity contribution in [3.05, 3.63) is 66.6 Å². The number of likely N-dealkylation sites (tertiary alicyclic amines) is 1. The number of aromatic nitrogens is 2. The number of hydrogen-bond donors (Lipinski definition) is 3. The van der Waals surface area contributed by atoms with Gasteiger partial charge in [0.1, 0.15) is 11.6 Å². The van der Waals surface area contributed by atoms with E-state index in [1.165, 1.54) is 12.1 Å². The van der Waals surface area contributed by atoms with Crippen LogP contribution in [-0.4, -0.2) is 73.9 Å². The zero-order chi connectivity index (χ0) is 25.5. The highest BCUT2D eigenvalue weighted by Gasteiger charge is 2.32. The number of hydrogen-bond acceptors (Lipinski definition) is 8. The maximum atomic E-state index is 13.5. The van der Waals surface area contributed by atoms with Crippen LogP contribution >= 0.6 is 0 Å². The van der Waals surface area contributed by atoms with E-state index in [-0.39, 0.29) is 16.8 Å². The minimum Gasteiger partial charge on any atom is -0.340 e. The molecule has 1 fully saturated rings. The minimum absolute atomic E-state index is 0.0119. The third-order valence-electron chi connectivity index (χ3n) is 6.17. The Morgan fingerprint density at radius 1 is 1.00 bits per heavy atom. The molecule has 1 aliphatic heterocycles. The average molecular weight is 514 g/mol. The van der Waals surface area contributed by atoms with Crippen molar-refractivity contribution < 1.29 is 12.8 Å². The normalized spacial score (nSPS) is 15.2. The molecule has 2 aromatic carbocycles. The summed E-state index contributed by atoms with van der Waals surface area (Å²) in [5.41, 5.74) is 1.36. The summed E-state index contributed by atoms with van der Waals surface area (Å²) in [7, 11) is 0.242. The molecular formula is C25H32FN7O2S. The number of likely N-dealkylation sites (N-methyl/N-ethyl adjacent to an activating group) is 1. The molecule has 3 N–H and O–H groups in total. The molecule has 0 bridgehead atoms. The lowest BCUT2D eigenvalue weighted by molar-refractivity contribution is 0.183. The van der Waals surface area contributed by atoms with E-state index in [1.54, 1.807) is 53.0 Å². The van der Waals surface area contributed by atoms with Crippen molar-refractivity contribution in [2.24, 2.45) is 0 Å². The molecule has 11 heteroatoms. The van der Waals surface area contributed by atoms with Gasteiger partial charge in [-0.05, 0) is 94.6 Å². The molecule has 192 valence electrons. The number of benzene rings is 2. The number of halogens is 1. The molecule has 0 amide bonds. The summed E-state index contributed by atoms with van der Waals surface area (Å²) >= 11 is 0. The molecular weight excluding hydrogens is 481 g/mol. The zero-order valence-electron chi connectivity index (χ0n) is 20.5. The van der Waals surface area contributed by atoms with E-state index < -0.39 is 10.0 Å². The second-order valence-corrected chi connectivity index (χ2v) is 10.7. The molecule has 4 rings (SSSR count). The molecule has 0 aliphatic carbocycles. The standard InChI is InChI=1S/C25H32FN7O2S/c1-27-15-18-33(22-12-16-32(2)17-13-22)36(34,35)23-9-7-21(8-10-23)30-25-28-14-11-24(31-25)29-20-5-3-19(26)4-6-20/h3-11,14,22,27H,12-13,15-18H2,1-2H3,(H2,28,29,30,31). The summed E-state index contributed by atoms with van der Waals surface area (Å²) in [6.45, 7) is 2.78. The van der Waals surface area contributed by atoms with E-state index >= 15 is 0 Å². The van der Waals surface area contributed by atoms with Gasteiger partial charge in [-0.15, -0.1) is 0 Å². The fraction of sp³-hybridized carbons (Fsp3) is 0.360. The summed E-state index contributed by atoms with van der Waals surface area (Å²) < 4.78 is 41.9. The van der Waals surface area contributed by atoms with E-state index in [4.69, 9.17) is 0 Å². The van der Waals surface area contributed by atoms with Crippen LogP contribution in [0.5, 0.6) is 0 Å². The van der Waals surface area contributed by atoms with Gasteiger partial charge in [-0.25, -0.2) is 17.8 Å². The Labute approximate surface area is 211 Å². The van der Waals surface area contributed by atoms with E-state index in [0.717, 1.165) is 25.9 Å². The van der Waals surface area contributed by atoms with Gasteiger partial charge in [0.25, 0.3) is 0 Å². The molecule has 1 aliphatic rings. The van der Waals surface area contributed by atoms with Gasteiger partial charge in [0.05, 0.1) is 4.90 Å². The maximum absolute atomic E-state index is 13.5. The van der Waals surface area contributed by atoms with Crippen molar-refractivity contribution in [3.63, 3.8) is 0 Å². The highest BCUT2D eigenvalue weighted by molar-refractivity contribution is 7.89. The second-order valence-electron chi connectivity index (χ2n) is 8.80. The van der Waals surface area contributed by atoms with Gasteiger partial charge in [-0.3, -0.25) is 0 Å². The number of rotatable bonds is 10. The van der Waals surface area contributed by atoms with Crippen LogP contribution in [0.2, 0.25) is 0 Å². The van der Waals surface area contributed by atoms with Crippen molar-refractivity contribution in [3.8, 4) is 0 Å². The van der Waals surface area contributed by atoms with Crippen molar-refractivity contribution >= 4 is 33.2 Å². The minimum atomic E-state index is -3.65. The smallest absolute Gasteiger partial charge is 0.243 e. The Morgan fingerprint density at radius 2 is 1.64 bits per heavy atom. The first-order chi connectivity index (χ1) is 17.3. The number of anilines is 4. The van der Waals surface area contributed by atoms with E-state index in [2.05, 4.69) is 37.9 Å². The van der Waals surface area contributed by atoms with Crippen LogP contribution in [-0.2, 0) is 10.0 Å². The Bertz CT molecular complexity index is 1230. The lowest BCUT2D eigenvalue weighted by Gasteiger charge is -2.36. The zero-order valence-corrected chi connectivity index (χ0v) is 21.3. The molecule has 1 aromatic heterocycles. The molecule has 1 saturated heterocycles. The summed E-state index contributed by atoms with van der Waals surface area (Å²) in [5, 5.41) is 9.27. The Kier molecular flexibility index (Phi) is 8.47. The molecule has 9 nitrogen and oxygen atoms in total. The third-order valence-corrected chi connectivity index (χ3v) is 8.13. The van der Waals surface area contributed by atoms with Crippen molar-refractivity contribution in [1.29, 1.82) is 0 Å². The van der Waals surface area contributed by atoms with Crippen molar-refractivity contribution in [1.82, 2.24) is 24.5 Å². The molecule has 3 aromatic rings. The first kappa shape index (κ1) is 26.0. The van der Waals surface area contributed by atoms with Gasteiger partial charge in [0, 0.05) is 36.7 Å². The summed E-state index contributed by atoms with van der Waals surface area (Å²) in [4.78, 5) is 11.1. The Hall–Kier alpha value is -3.12. The van der Waals surface area contributed by atoms with Gasteiger partial charge in [-0.2, -0.15) is 9.29 Å². The largest absolute Gasteiger partial charge is 0.340 e. The number of piperidine rings is 1. The van der Waals surface area contributed by atoms with Gasteiger partial charge in [0.2, 0.25) is 16.0 Å². The fourth-order valence-corrected chi connectivity index (χ4v) is 5.83. The molecule has 0 saturated carbocycles. The number of nitrogens with one attached hydrogen (secondary N) is 3. The van der Waals surface area contributed by atoms with Gasteiger partial charge >= 0.3 is 0 Å². The first-order valence-electron chi connectivity index (χ1n) is 11.9. The predicted octanol–water partition coefficient (Wildman–Crippen LogP) is 3.41. The maximum Gasteiger partial charge on any atom is 0.243 e. The van der Waals surface area contributed by atoms with Gasteiger partial charge < -0.3 is 20.9 Å². The quantitative estimate of drug-likeness (QED) is 0.379. The van der Waals surface area contributed by atoms with E-state index in [9.17, 15) is 12.8 Å². The van der Waals surface area contributed by atoms with Crippen molar-refractivity contribution in [2.45, 2.75) is 23.8 Å². The molecule has 0 spiro atoms. The second kappa shape index (κ2) is 11.7. The van der Waals surface area contributed by atoms with Crippen LogP contribution in [0, 0.1) is 5.82 Å². The van der Waals surface area contributed by atoms with Crippen LogP contribution in [0.25, 0.3) is 0 Å². The Balaban J connectivity index is 1.46. The average Bonchev–Trinajstić information content (AvgIpc) is 2.87. The van der Waals surface area contributed by atoms with Crippen LogP contribution in [0.4, 0.5) is 27.5 Å². The summed E-state index contributed by atoms with van der Waals surface area (Å²) in [6.07, 6.45) is 3.23. The highest BCUT2D eigenvalue weighted by Crippen LogP contribution is 2.25. The van der Waals surface area contributed by atoms with Gasteiger partial charge in [-0.1, -0.05) is 0 Å². The first-order valence-corrected chi connectivity index (χ1v) is 13.4.